The van der Waals surface area contributed by atoms with Crippen molar-refractivity contribution in [2.45, 2.75) is 25.4 Å². The van der Waals surface area contributed by atoms with Crippen molar-refractivity contribution in [1.29, 1.82) is 5.26 Å². The fourth-order valence-electron chi connectivity index (χ4n) is 1.75. The molecule has 0 aliphatic carbocycles. The second-order valence-corrected chi connectivity index (χ2v) is 3.80. The van der Waals surface area contributed by atoms with Gasteiger partial charge in [-0.1, -0.05) is 0 Å². The number of likely N-dealkylation sites (tertiary alicyclic amines) is 1. The molecule has 0 radical (unpaired) electrons. The van der Waals surface area contributed by atoms with E-state index in [0.717, 1.165) is 19.4 Å². The number of nitriles is 1. The van der Waals surface area contributed by atoms with Crippen LogP contribution in [0.15, 0.2) is 0 Å². The van der Waals surface area contributed by atoms with Crippen LogP contribution in [-0.2, 0) is 0 Å². The van der Waals surface area contributed by atoms with Crippen molar-refractivity contribution >= 4 is 0 Å². The molecule has 0 amide bonds. The number of nitrogens with zero attached hydrogens (tertiary/aromatic N) is 2. The molecule has 1 rings (SSSR count). The average molecular weight is 168 g/mol. The van der Waals surface area contributed by atoms with Crippen molar-refractivity contribution in [3.8, 4) is 6.07 Å². The lowest BCUT2D eigenvalue weighted by molar-refractivity contribution is -0.0479. The first-order chi connectivity index (χ1) is 5.58. The van der Waals surface area contributed by atoms with Crippen LogP contribution in [0, 0.1) is 17.2 Å². The van der Waals surface area contributed by atoms with E-state index in [4.69, 9.17) is 5.26 Å². The molecule has 3 nitrogen and oxygen atoms in total. The predicted octanol–water partition coefficient (Wildman–Crippen LogP) is 0.603. The van der Waals surface area contributed by atoms with E-state index in [1.165, 1.54) is 0 Å². The van der Waals surface area contributed by atoms with Crippen LogP contribution < -0.4 is 0 Å². The number of piperidine rings is 1. The van der Waals surface area contributed by atoms with E-state index in [2.05, 4.69) is 11.0 Å². The highest BCUT2D eigenvalue weighted by molar-refractivity contribution is 4.99. The summed E-state index contributed by atoms with van der Waals surface area (Å²) in [7, 11) is 1.98. The first-order valence-corrected chi connectivity index (χ1v) is 4.39. The van der Waals surface area contributed by atoms with Crippen molar-refractivity contribution < 1.29 is 5.11 Å². The molecule has 12 heavy (non-hydrogen) atoms. The van der Waals surface area contributed by atoms with Gasteiger partial charge in [-0.2, -0.15) is 5.26 Å². The molecular formula is C9H16N2O. The van der Waals surface area contributed by atoms with Gasteiger partial charge in [-0.3, -0.25) is 0 Å². The summed E-state index contributed by atoms with van der Waals surface area (Å²) in [4.78, 5) is 2.08. The largest absolute Gasteiger partial charge is 0.387 e. The molecule has 1 aliphatic rings. The number of likely N-dealkylation sites (N-methyl/N-ethyl adjacent to an activating group) is 1. The van der Waals surface area contributed by atoms with Crippen LogP contribution in [0.1, 0.15) is 19.8 Å². The molecule has 1 aliphatic heterocycles. The van der Waals surface area contributed by atoms with Gasteiger partial charge in [-0.25, -0.2) is 0 Å². The molecule has 2 atom stereocenters. The van der Waals surface area contributed by atoms with Gasteiger partial charge in [0.2, 0.25) is 0 Å². The standard InChI is InChI=1S/C9H16N2O/c1-8(6-10)9(12)4-3-5-11(2)7-9/h8,12H,3-5,7H2,1-2H3. The normalized spacial score (nSPS) is 34.2. The lowest BCUT2D eigenvalue weighted by Crippen LogP contribution is -2.50. The summed E-state index contributed by atoms with van der Waals surface area (Å²) >= 11 is 0. The Bertz CT molecular complexity index is 199. The van der Waals surface area contributed by atoms with E-state index >= 15 is 0 Å². The summed E-state index contributed by atoms with van der Waals surface area (Å²) < 4.78 is 0. The zero-order chi connectivity index (χ0) is 9.19. The molecular weight excluding hydrogens is 152 g/mol. The topological polar surface area (TPSA) is 47.3 Å². The van der Waals surface area contributed by atoms with Gasteiger partial charge in [0.1, 0.15) is 0 Å². The van der Waals surface area contributed by atoms with Crippen molar-refractivity contribution in [2.75, 3.05) is 20.1 Å². The Balaban J connectivity index is 2.64. The van der Waals surface area contributed by atoms with E-state index < -0.39 is 5.60 Å². The first kappa shape index (κ1) is 9.50. The number of hydrogen-bond acceptors (Lipinski definition) is 3. The fourth-order valence-corrected chi connectivity index (χ4v) is 1.75. The molecule has 2 unspecified atom stereocenters. The van der Waals surface area contributed by atoms with Gasteiger partial charge in [0, 0.05) is 6.54 Å². The fraction of sp³-hybridized carbons (Fsp3) is 0.889. The zero-order valence-electron chi connectivity index (χ0n) is 7.75. The zero-order valence-corrected chi connectivity index (χ0v) is 7.75. The van der Waals surface area contributed by atoms with E-state index in [0.29, 0.717) is 6.54 Å². The molecule has 1 saturated heterocycles. The van der Waals surface area contributed by atoms with Crippen molar-refractivity contribution in [1.82, 2.24) is 4.90 Å². The van der Waals surface area contributed by atoms with Crippen LogP contribution in [0.2, 0.25) is 0 Å². The molecule has 1 fully saturated rings. The molecule has 0 bridgehead atoms. The van der Waals surface area contributed by atoms with Crippen LogP contribution in [0.5, 0.6) is 0 Å². The van der Waals surface area contributed by atoms with Gasteiger partial charge in [0.15, 0.2) is 0 Å². The van der Waals surface area contributed by atoms with E-state index in [1.54, 1.807) is 6.92 Å². The van der Waals surface area contributed by atoms with Crippen LogP contribution in [-0.4, -0.2) is 35.7 Å². The summed E-state index contributed by atoms with van der Waals surface area (Å²) in [6.07, 6.45) is 1.74. The van der Waals surface area contributed by atoms with Gasteiger partial charge in [-0.15, -0.1) is 0 Å². The molecule has 0 aromatic heterocycles. The second kappa shape index (κ2) is 3.42. The Labute approximate surface area is 73.6 Å². The van der Waals surface area contributed by atoms with E-state index in [1.807, 2.05) is 7.05 Å². The molecule has 3 heteroatoms. The number of aliphatic hydroxyl groups is 1. The molecule has 1 heterocycles. The Kier molecular flexibility index (Phi) is 2.71. The summed E-state index contributed by atoms with van der Waals surface area (Å²) in [6.45, 7) is 3.45. The number of rotatable bonds is 1. The molecule has 1 N–H and O–H groups in total. The molecule has 0 aromatic carbocycles. The molecule has 0 spiro atoms. The van der Waals surface area contributed by atoms with Gasteiger partial charge >= 0.3 is 0 Å². The van der Waals surface area contributed by atoms with Crippen LogP contribution >= 0.6 is 0 Å². The summed E-state index contributed by atoms with van der Waals surface area (Å²) in [5.74, 6) is -0.264. The van der Waals surface area contributed by atoms with Crippen molar-refractivity contribution in [2.24, 2.45) is 5.92 Å². The molecule has 0 saturated carbocycles. The summed E-state index contributed by atoms with van der Waals surface area (Å²) in [6, 6.07) is 2.12. The maximum atomic E-state index is 10.0. The monoisotopic (exact) mass is 168 g/mol. The van der Waals surface area contributed by atoms with Gasteiger partial charge in [0.25, 0.3) is 0 Å². The lowest BCUT2D eigenvalue weighted by atomic mass is 9.83. The van der Waals surface area contributed by atoms with Gasteiger partial charge in [-0.05, 0) is 33.4 Å². The highest BCUT2D eigenvalue weighted by Gasteiger charge is 2.37. The van der Waals surface area contributed by atoms with Crippen LogP contribution in [0.3, 0.4) is 0 Å². The SMILES string of the molecule is CC(C#N)C1(O)CCCN(C)C1. The number of β-amino-alcohol motifs (C(OH)–C–C–N with tert-alkyl or cyclic N) is 1. The predicted molar refractivity (Wildman–Crippen MR) is 46.5 cm³/mol. The highest BCUT2D eigenvalue weighted by atomic mass is 16.3. The minimum atomic E-state index is -0.776. The Hall–Kier alpha value is -0.590. The van der Waals surface area contributed by atoms with E-state index in [-0.39, 0.29) is 5.92 Å². The van der Waals surface area contributed by atoms with Crippen molar-refractivity contribution in [3.05, 3.63) is 0 Å². The van der Waals surface area contributed by atoms with Crippen molar-refractivity contribution in [3.63, 3.8) is 0 Å². The highest BCUT2D eigenvalue weighted by Crippen LogP contribution is 2.27. The minimum Gasteiger partial charge on any atom is -0.387 e. The number of hydrogen-bond donors (Lipinski definition) is 1. The van der Waals surface area contributed by atoms with Gasteiger partial charge in [0.05, 0.1) is 17.6 Å². The lowest BCUT2D eigenvalue weighted by Gasteiger charge is -2.38. The quantitative estimate of drug-likeness (QED) is 0.623. The maximum absolute atomic E-state index is 10.0. The summed E-state index contributed by atoms with van der Waals surface area (Å²) in [5, 5.41) is 18.8. The van der Waals surface area contributed by atoms with E-state index in [9.17, 15) is 5.11 Å². The minimum absolute atomic E-state index is 0.264. The Morgan fingerprint density at radius 1 is 1.67 bits per heavy atom. The maximum Gasteiger partial charge on any atom is 0.0929 e. The molecule has 68 valence electrons. The van der Waals surface area contributed by atoms with Gasteiger partial charge < -0.3 is 10.0 Å². The molecule has 0 aromatic rings. The summed E-state index contributed by atoms with van der Waals surface area (Å²) in [5.41, 5.74) is -0.776. The van der Waals surface area contributed by atoms with Crippen LogP contribution in [0.25, 0.3) is 0 Å². The third-order valence-corrected chi connectivity index (χ3v) is 2.69. The third-order valence-electron chi connectivity index (χ3n) is 2.69. The smallest absolute Gasteiger partial charge is 0.0929 e. The average Bonchev–Trinajstić information content (AvgIpc) is 2.02. The first-order valence-electron chi connectivity index (χ1n) is 4.39. The Morgan fingerprint density at radius 2 is 2.33 bits per heavy atom. The Morgan fingerprint density at radius 3 is 2.83 bits per heavy atom. The second-order valence-electron chi connectivity index (χ2n) is 3.80. The third kappa shape index (κ3) is 1.77. The van der Waals surface area contributed by atoms with Crippen LogP contribution in [0.4, 0.5) is 0 Å².